The lowest BCUT2D eigenvalue weighted by molar-refractivity contribution is 0.465. The molecule has 1 N–H and O–H groups in total. The molecule has 0 saturated carbocycles. The van der Waals surface area contributed by atoms with Crippen LogP contribution in [-0.2, 0) is 16.8 Å². The molecule has 1 aliphatic heterocycles. The highest BCUT2D eigenvalue weighted by molar-refractivity contribution is 7.87. The molecule has 0 bridgehead atoms. The van der Waals surface area contributed by atoms with Crippen molar-refractivity contribution in [2.75, 3.05) is 13.1 Å². The van der Waals surface area contributed by atoms with Gasteiger partial charge in [0.05, 0.1) is 11.6 Å². The zero-order valence-corrected chi connectivity index (χ0v) is 13.0. The van der Waals surface area contributed by atoms with Gasteiger partial charge in [0.15, 0.2) is 0 Å². The Morgan fingerprint density at radius 1 is 1.33 bits per heavy atom. The number of hydrogen-bond donors (Lipinski definition) is 1. The summed E-state index contributed by atoms with van der Waals surface area (Å²) in [6.45, 7) is 1.39. The Bertz CT molecular complexity index is 799. The Morgan fingerprint density at radius 2 is 2.10 bits per heavy atom. The molecule has 1 aromatic carbocycles. The van der Waals surface area contributed by atoms with Crippen molar-refractivity contribution in [1.29, 1.82) is 5.26 Å². The van der Waals surface area contributed by atoms with Crippen LogP contribution in [0.4, 0.5) is 0 Å². The Hall–Kier alpha value is -1.46. The molecule has 0 spiro atoms. The predicted molar refractivity (Wildman–Crippen MR) is 83.1 cm³/mol. The zero-order chi connectivity index (χ0) is 14.9. The lowest BCUT2D eigenvalue weighted by Crippen LogP contribution is -2.38. The van der Waals surface area contributed by atoms with Gasteiger partial charge in [-0.15, -0.1) is 11.3 Å². The lowest BCUT2D eigenvalue weighted by Gasteiger charge is -2.15. The Balaban J connectivity index is 1.84. The van der Waals surface area contributed by atoms with Crippen LogP contribution in [0, 0.1) is 11.3 Å². The maximum atomic E-state index is 12.2. The minimum Gasteiger partial charge on any atom is -0.198 e. The summed E-state index contributed by atoms with van der Waals surface area (Å²) in [5, 5.41) is 12.0. The molecule has 0 radical (unpaired) electrons. The van der Waals surface area contributed by atoms with Gasteiger partial charge >= 0.3 is 0 Å². The van der Waals surface area contributed by atoms with Crippen LogP contribution in [0.25, 0.3) is 10.1 Å². The second-order valence-electron chi connectivity index (χ2n) is 4.98. The maximum Gasteiger partial charge on any atom is 0.279 e. The summed E-state index contributed by atoms with van der Waals surface area (Å²) >= 11 is 1.53. The van der Waals surface area contributed by atoms with Gasteiger partial charge in [-0.25, -0.2) is 0 Å². The van der Waals surface area contributed by atoms with Gasteiger partial charge in [0.2, 0.25) is 0 Å². The van der Waals surface area contributed by atoms with E-state index in [-0.39, 0.29) is 6.54 Å². The van der Waals surface area contributed by atoms with E-state index in [9.17, 15) is 13.7 Å². The van der Waals surface area contributed by atoms with Crippen LogP contribution in [-0.4, -0.2) is 25.8 Å². The molecule has 0 atom stereocenters. The van der Waals surface area contributed by atoms with E-state index in [1.807, 2.05) is 17.5 Å². The van der Waals surface area contributed by atoms with Crippen molar-refractivity contribution in [2.24, 2.45) is 0 Å². The third-order valence-electron chi connectivity index (χ3n) is 3.65. The number of nitriles is 1. The fraction of sp³-hybridized carbons (Fsp3) is 0.357. The quantitative estimate of drug-likeness (QED) is 0.938. The lowest BCUT2D eigenvalue weighted by atomic mass is 10.1. The van der Waals surface area contributed by atoms with Crippen molar-refractivity contribution in [2.45, 2.75) is 19.4 Å². The molecular formula is C14H15N3O2S2. The molecule has 110 valence electrons. The van der Waals surface area contributed by atoms with Crippen molar-refractivity contribution >= 4 is 31.6 Å². The number of thiophene rings is 1. The SMILES string of the molecule is N#Cc1cccc2scc(CNS(=O)(=O)N3CCCC3)c12. The standard InChI is InChI=1S/C14H15N3O2S2/c15-8-11-4-3-5-13-14(11)12(10-20-13)9-16-21(18,19)17-6-1-2-7-17/h3-5,10,16H,1-2,6-7,9H2. The number of fused-ring (bicyclic) bond motifs is 1. The summed E-state index contributed by atoms with van der Waals surface area (Å²) in [4.78, 5) is 0. The topological polar surface area (TPSA) is 73.2 Å². The monoisotopic (exact) mass is 321 g/mol. The van der Waals surface area contributed by atoms with E-state index in [2.05, 4.69) is 10.8 Å². The van der Waals surface area contributed by atoms with Gasteiger partial charge < -0.3 is 0 Å². The first-order valence-corrected chi connectivity index (χ1v) is 9.08. The minimum absolute atomic E-state index is 0.220. The van der Waals surface area contributed by atoms with Crippen molar-refractivity contribution < 1.29 is 8.42 Å². The number of benzene rings is 1. The fourth-order valence-corrected chi connectivity index (χ4v) is 4.81. The Labute approximate surface area is 128 Å². The molecule has 5 nitrogen and oxygen atoms in total. The normalized spacial score (nSPS) is 16.3. The van der Waals surface area contributed by atoms with Gasteiger partial charge in [0, 0.05) is 29.7 Å². The van der Waals surface area contributed by atoms with E-state index in [1.54, 1.807) is 6.07 Å². The average molecular weight is 321 g/mol. The van der Waals surface area contributed by atoms with Crippen molar-refractivity contribution in [3.05, 3.63) is 34.7 Å². The number of rotatable bonds is 4. The molecule has 7 heteroatoms. The zero-order valence-electron chi connectivity index (χ0n) is 11.4. The average Bonchev–Trinajstić information content (AvgIpc) is 3.14. The van der Waals surface area contributed by atoms with E-state index < -0.39 is 10.2 Å². The smallest absolute Gasteiger partial charge is 0.198 e. The van der Waals surface area contributed by atoms with Crippen LogP contribution in [0.3, 0.4) is 0 Å². The second-order valence-corrected chi connectivity index (χ2v) is 7.65. The molecular weight excluding hydrogens is 306 g/mol. The Morgan fingerprint density at radius 3 is 2.81 bits per heavy atom. The van der Waals surface area contributed by atoms with Gasteiger partial charge in [-0.2, -0.15) is 22.7 Å². The van der Waals surface area contributed by atoms with Crippen LogP contribution in [0.15, 0.2) is 23.6 Å². The first-order chi connectivity index (χ1) is 10.1. The van der Waals surface area contributed by atoms with E-state index in [1.165, 1.54) is 15.6 Å². The molecule has 1 aromatic heterocycles. The van der Waals surface area contributed by atoms with Crippen molar-refractivity contribution in [1.82, 2.24) is 9.03 Å². The summed E-state index contributed by atoms with van der Waals surface area (Å²) in [5.41, 5.74) is 1.44. The minimum atomic E-state index is -3.42. The highest BCUT2D eigenvalue weighted by Gasteiger charge is 2.25. The molecule has 3 rings (SSSR count). The van der Waals surface area contributed by atoms with Crippen molar-refractivity contribution in [3.63, 3.8) is 0 Å². The van der Waals surface area contributed by atoms with E-state index in [4.69, 9.17) is 0 Å². The molecule has 0 unspecified atom stereocenters. The summed E-state index contributed by atoms with van der Waals surface area (Å²) in [5.74, 6) is 0. The molecule has 1 saturated heterocycles. The fourth-order valence-electron chi connectivity index (χ4n) is 2.57. The molecule has 21 heavy (non-hydrogen) atoms. The number of nitrogens with zero attached hydrogens (tertiary/aromatic N) is 2. The van der Waals surface area contributed by atoms with Gasteiger partial charge in [-0.1, -0.05) is 6.07 Å². The largest absolute Gasteiger partial charge is 0.279 e. The van der Waals surface area contributed by atoms with E-state index >= 15 is 0 Å². The first-order valence-electron chi connectivity index (χ1n) is 6.76. The van der Waals surface area contributed by atoms with Crippen LogP contribution < -0.4 is 4.72 Å². The molecule has 1 fully saturated rings. The molecule has 0 amide bonds. The second kappa shape index (κ2) is 5.73. The van der Waals surface area contributed by atoms with Crippen LogP contribution >= 0.6 is 11.3 Å². The molecule has 2 heterocycles. The van der Waals surface area contributed by atoms with Gasteiger partial charge in [0.25, 0.3) is 10.2 Å². The van der Waals surface area contributed by atoms with Crippen LogP contribution in [0.2, 0.25) is 0 Å². The van der Waals surface area contributed by atoms with Gasteiger partial charge in [-0.3, -0.25) is 0 Å². The summed E-state index contributed by atoms with van der Waals surface area (Å²) in [6, 6.07) is 7.71. The number of hydrogen-bond acceptors (Lipinski definition) is 4. The van der Waals surface area contributed by atoms with Gasteiger partial charge in [-0.05, 0) is 35.9 Å². The first kappa shape index (κ1) is 14.5. The highest BCUT2D eigenvalue weighted by atomic mass is 32.2. The van der Waals surface area contributed by atoms with E-state index in [0.29, 0.717) is 18.7 Å². The van der Waals surface area contributed by atoms with Crippen LogP contribution in [0.1, 0.15) is 24.0 Å². The van der Waals surface area contributed by atoms with E-state index in [0.717, 1.165) is 28.5 Å². The number of nitrogens with one attached hydrogen (secondary N) is 1. The third-order valence-corrected chi connectivity index (χ3v) is 6.20. The highest BCUT2D eigenvalue weighted by Crippen LogP contribution is 2.29. The Kier molecular flexibility index (Phi) is 3.95. The summed E-state index contributed by atoms with van der Waals surface area (Å²) < 4.78 is 29.5. The molecule has 2 aromatic rings. The van der Waals surface area contributed by atoms with Gasteiger partial charge in [0.1, 0.15) is 0 Å². The molecule has 0 aliphatic carbocycles. The van der Waals surface area contributed by atoms with Crippen molar-refractivity contribution in [3.8, 4) is 6.07 Å². The predicted octanol–water partition coefficient (Wildman–Crippen LogP) is 2.20. The van der Waals surface area contributed by atoms with Crippen LogP contribution in [0.5, 0.6) is 0 Å². The maximum absolute atomic E-state index is 12.2. The summed E-state index contributed by atoms with van der Waals surface area (Å²) in [7, 11) is -3.42. The molecule has 1 aliphatic rings. The summed E-state index contributed by atoms with van der Waals surface area (Å²) in [6.07, 6.45) is 1.84. The third kappa shape index (κ3) is 2.80.